The summed E-state index contributed by atoms with van der Waals surface area (Å²) < 4.78 is 13.0. The molecule has 0 aromatic heterocycles. The van der Waals surface area contributed by atoms with Crippen LogP contribution in [0.25, 0.3) is 0 Å². The zero-order valence-electron chi connectivity index (χ0n) is 9.69. The van der Waals surface area contributed by atoms with Gasteiger partial charge >= 0.3 is 0 Å². The molecule has 16 heavy (non-hydrogen) atoms. The first kappa shape index (κ1) is 11.7. The Morgan fingerprint density at radius 3 is 2.75 bits per heavy atom. The molecule has 0 aliphatic heterocycles. The number of hydrogen-bond donors (Lipinski definition) is 1. The van der Waals surface area contributed by atoms with Gasteiger partial charge in [-0.05, 0) is 36.5 Å². The van der Waals surface area contributed by atoms with Crippen LogP contribution in [-0.4, -0.2) is 6.04 Å². The molecule has 1 aliphatic rings. The zero-order valence-corrected chi connectivity index (χ0v) is 10.4. The van der Waals surface area contributed by atoms with Crippen molar-refractivity contribution in [3.05, 3.63) is 29.0 Å². The number of hydrogen-bond acceptors (Lipinski definition) is 1. The third-order valence-electron chi connectivity index (χ3n) is 3.52. The van der Waals surface area contributed by atoms with Crippen molar-refractivity contribution in [2.75, 3.05) is 5.32 Å². The van der Waals surface area contributed by atoms with Crippen LogP contribution in [0.5, 0.6) is 0 Å². The van der Waals surface area contributed by atoms with Gasteiger partial charge < -0.3 is 5.32 Å². The van der Waals surface area contributed by atoms with E-state index in [1.54, 1.807) is 12.1 Å². The van der Waals surface area contributed by atoms with Crippen molar-refractivity contribution < 1.29 is 4.39 Å². The molecule has 1 N–H and O–H groups in total. The Morgan fingerprint density at radius 2 is 2.19 bits per heavy atom. The first-order chi connectivity index (χ1) is 7.49. The Kier molecular flexibility index (Phi) is 3.11. The molecular weight excluding hydrogens is 225 g/mol. The van der Waals surface area contributed by atoms with Gasteiger partial charge in [-0.1, -0.05) is 31.9 Å². The molecule has 88 valence electrons. The number of rotatable bonds is 2. The number of benzene rings is 1. The lowest BCUT2D eigenvalue weighted by Gasteiger charge is -2.28. The van der Waals surface area contributed by atoms with Gasteiger partial charge in [0.15, 0.2) is 0 Å². The third-order valence-corrected chi connectivity index (χ3v) is 3.81. The van der Waals surface area contributed by atoms with E-state index in [-0.39, 0.29) is 10.8 Å². The Morgan fingerprint density at radius 1 is 1.44 bits per heavy atom. The molecule has 1 fully saturated rings. The maximum atomic E-state index is 13.0. The van der Waals surface area contributed by atoms with Gasteiger partial charge in [-0.3, -0.25) is 0 Å². The lowest BCUT2D eigenvalue weighted by atomic mass is 9.87. The Bertz CT molecular complexity index is 390. The predicted octanol–water partition coefficient (Wildman–Crippen LogP) is 4.47. The van der Waals surface area contributed by atoms with Crippen molar-refractivity contribution in [1.82, 2.24) is 0 Å². The number of nitrogens with one attached hydrogen (secondary N) is 1. The van der Waals surface area contributed by atoms with E-state index in [9.17, 15) is 4.39 Å². The Balaban J connectivity index is 2.12. The molecule has 1 atom stereocenters. The molecule has 0 saturated heterocycles. The van der Waals surface area contributed by atoms with E-state index >= 15 is 0 Å². The molecule has 1 saturated carbocycles. The summed E-state index contributed by atoms with van der Waals surface area (Å²) in [6, 6.07) is 5.27. The van der Waals surface area contributed by atoms with Gasteiger partial charge in [0.1, 0.15) is 5.82 Å². The highest BCUT2D eigenvalue weighted by atomic mass is 35.5. The number of anilines is 1. The van der Waals surface area contributed by atoms with Crippen LogP contribution < -0.4 is 5.32 Å². The first-order valence-electron chi connectivity index (χ1n) is 5.71. The normalized spacial score (nSPS) is 23.4. The largest absolute Gasteiger partial charge is 0.382 e. The van der Waals surface area contributed by atoms with Crippen molar-refractivity contribution in [3.8, 4) is 0 Å². The molecule has 0 heterocycles. The second-order valence-corrected chi connectivity index (χ2v) is 5.61. The van der Waals surface area contributed by atoms with Crippen LogP contribution in [0.4, 0.5) is 10.1 Å². The molecule has 1 aromatic rings. The standard InChI is InChI=1S/C13H17ClFN/c1-13(2)7-3-4-12(13)16-9-5-6-11(15)10(14)8-9/h5-6,8,12,16H,3-4,7H2,1-2H3. The molecule has 2 rings (SSSR count). The molecule has 1 unspecified atom stereocenters. The Hall–Kier alpha value is -0.760. The van der Waals surface area contributed by atoms with Crippen molar-refractivity contribution >= 4 is 17.3 Å². The summed E-state index contributed by atoms with van der Waals surface area (Å²) in [6.45, 7) is 4.53. The van der Waals surface area contributed by atoms with Crippen LogP contribution in [0, 0.1) is 11.2 Å². The van der Waals surface area contributed by atoms with Crippen LogP contribution in [0.1, 0.15) is 33.1 Å². The van der Waals surface area contributed by atoms with E-state index in [0.29, 0.717) is 11.5 Å². The van der Waals surface area contributed by atoms with Gasteiger partial charge in [0.25, 0.3) is 0 Å². The lowest BCUT2D eigenvalue weighted by molar-refractivity contribution is 0.350. The first-order valence-corrected chi connectivity index (χ1v) is 6.08. The summed E-state index contributed by atoms with van der Waals surface area (Å²) in [6.07, 6.45) is 3.65. The van der Waals surface area contributed by atoms with Crippen LogP contribution in [0.2, 0.25) is 5.02 Å². The second-order valence-electron chi connectivity index (χ2n) is 5.21. The third kappa shape index (κ3) is 2.32. The van der Waals surface area contributed by atoms with Crippen LogP contribution in [0.15, 0.2) is 18.2 Å². The summed E-state index contributed by atoms with van der Waals surface area (Å²) in [7, 11) is 0. The monoisotopic (exact) mass is 241 g/mol. The van der Waals surface area contributed by atoms with Gasteiger partial charge in [-0.2, -0.15) is 0 Å². The molecule has 0 spiro atoms. The molecule has 0 amide bonds. The maximum absolute atomic E-state index is 13.0. The average Bonchev–Trinajstić information content (AvgIpc) is 2.52. The number of halogens is 2. The van der Waals surface area contributed by atoms with Crippen molar-refractivity contribution in [3.63, 3.8) is 0 Å². The maximum Gasteiger partial charge on any atom is 0.141 e. The second kappa shape index (κ2) is 4.25. The predicted molar refractivity (Wildman–Crippen MR) is 66.5 cm³/mol. The topological polar surface area (TPSA) is 12.0 Å². The SMILES string of the molecule is CC1(C)CCCC1Nc1ccc(F)c(Cl)c1. The fourth-order valence-corrected chi connectivity index (χ4v) is 2.56. The molecule has 0 bridgehead atoms. The molecular formula is C13H17ClFN. The van der Waals surface area contributed by atoms with Crippen LogP contribution in [0.3, 0.4) is 0 Å². The summed E-state index contributed by atoms with van der Waals surface area (Å²) in [5.74, 6) is -0.363. The van der Waals surface area contributed by atoms with E-state index in [0.717, 1.165) is 5.69 Å². The van der Waals surface area contributed by atoms with E-state index in [4.69, 9.17) is 11.6 Å². The van der Waals surface area contributed by atoms with Crippen molar-refractivity contribution in [2.45, 2.75) is 39.2 Å². The van der Waals surface area contributed by atoms with Gasteiger partial charge in [-0.25, -0.2) is 4.39 Å². The van der Waals surface area contributed by atoms with E-state index in [1.165, 1.54) is 25.3 Å². The van der Waals surface area contributed by atoms with Gasteiger partial charge in [0, 0.05) is 11.7 Å². The van der Waals surface area contributed by atoms with Crippen LogP contribution in [-0.2, 0) is 0 Å². The van der Waals surface area contributed by atoms with Gasteiger partial charge in [0.2, 0.25) is 0 Å². The van der Waals surface area contributed by atoms with Gasteiger partial charge in [-0.15, -0.1) is 0 Å². The van der Waals surface area contributed by atoms with E-state index < -0.39 is 0 Å². The summed E-state index contributed by atoms with van der Waals surface area (Å²) in [5.41, 5.74) is 1.22. The van der Waals surface area contributed by atoms with E-state index in [2.05, 4.69) is 19.2 Å². The van der Waals surface area contributed by atoms with Crippen molar-refractivity contribution in [2.24, 2.45) is 5.41 Å². The molecule has 3 heteroatoms. The fraction of sp³-hybridized carbons (Fsp3) is 0.538. The van der Waals surface area contributed by atoms with Gasteiger partial charge in [0.05, 0.1) is 5.02 Å². The summed E-state index contributed by atoms with van der Waals surface area (Å²) in [4.78, 5) is 0. The lowest BCUT2D eigenvalue weighted by Crippen LogP contribution is -2.30. The van der Waals surface area contributed by atoms with E-state index in [1.807, 2.05) is 0 Å². The minimum Gasteiger partial charge on any atom is -0.382 e. The van der Waals surface area contributed by atoms with Crippen LogP contribution >= 0.6 is 11.6 Å². The molecule has 1 nitrogen and oxygen atoms in total. The van der Waals surface area contributed by atoms with Crippen molar-refractivity contribution in [1.29, 1.82) is 0 Å². The molecule has 1 aliphatic carbocycles. The zero-order chi connectivity index (χ0) is 11.8. The summed E-state index contributed by atoms with van der Waals surface area (Å²) in [5, 5.41) is 3.63. The highest BCUT2D eigenvalue weighted by molar-refractivity contribution is 6.31. The quantitative estimate of drug-likeness (QED) is 0.806. The average molecular weight is 242 g/mol. The highest BCUT2D eigenvalue weighted by Gasteiger charge is 2.34. The molecule has 0 radical (unpaired) electrons. The fourth-order valence-electron chi connectivity index (χ4n) is 2.38. The summed E-state index contributed by atoms with van der Waals surface area (Å²) >= 11 is 5.76. The Labute approximate surface area is 101 Å². The highest BCUT2D eigenvalue weighted by Crippen LogP contribution is 2.39. The minimum absolute atomic E-state index is 0.181. The molecule has 1 aromatic carbocycles. The minimum atomic E-state index is -0.363. The smallest absolute Gasteiger partial charge is 0.141 e.